The lowest BCUT2D eigenvalue weighted by atomic mass is 9.62. The van der Waals surface area contributed by atoms with Crippen LogP contribution in [0, 0.1) is 189 Å². The first-order valence-electron chi connectivity index (χ1n) is 37.1. The van der Waals surface area contributed by atoms with Crippen LogP contribution in [0.5, 0.6) is 0 Å². The average molecular weight is 1250 g/mol. The maximum Gasteiger partial charge on any atom is 0.350 e. The molecular formula is C76H116O14. The molecule has 14 saturated carbocycles. The molecule has 16 aliphatic rings. The van der Waals surface area contributed by atoms with Gasteiger partial charge in [-0.1, -0.05) is 55.4 Å². The van der Waals surface area contributed by atoms with E-state index >= 15 is 0 Å². The Bertz CT molecular complexity index is 2690. The van der Waals surface area contributed by atoms with Gasteiger partial charge in [-0.3, -0.25) is 19.2 Å². The number of carbonyl (C=O) groups excluding carboxylic acids is 6. The minimum Gasteiger partial charge on any atom is -0.463 e. The van der Waals surface area contributed by atoms with Gasteiger partial charge < -0.3 is 37.9 Å². The smallest absolute Gasteiger partial charge is 0.350 e. The minimum absolute atomic E-state index is 0.00961. The molecule has 2 aliphatic heterocycles. The molecular weight excluding hydrogens is 1140 g/mol. The van der Waals surface area contributed by atoms with E-state index in [2.05, 4.69) is 55.4 Å². The van der Waals surface area contributed by atoms with Crippen LogP contribution >= 0.6 is 0 Å². The monoisotopic (exact) mass is 1250 g/mol. The molecule has 0 aromatic rings. The van der Waals surface area contributed by atoms with Crippen LogP contribution in [0.4, 0.5) is 0 Å². The molecule has 90 heavy (non-hydrogen) atoms. The van der Waals surface area contributed by atoms with Crippen molar-refractivity contribution in [2.75, 3.05) is 19.8 Å². The molecule has 14 bridgehead atoms. The molecule has 16 fully saturated rings. The molecule has 0 aromatic carbocycles. The number of rotatable bonds is 11. The first kappa shape index (κ1) is 65.4. The Morgan fingerprint density at radius 3 is 1.30 bits per heavy atom. The Labute approximate surface area is 539 Å². The lowest BCUT2D eigenvalue weighted by Crippen LogP contribution is -2.44. The van der Waals surface area contributed by atoms with Crippen LogP contribution in [0.25, 0.3) is 0 Å². The first-order chi connectivity index (χ1) is 42.7. The summed E-state index contributed by atoms with van der Waals surface area (Å²) in [5.74, 6) is 21.4. The maximum atomic E-state index is 12.7. The highest BCUT2D eigenvalue weighted by Gasteiger charge is 2.70. The SMILES string of the molecule is CC1C(C)C2CC1C1C3CC(C(=O)OC(C)(C)C)C(C3)C21.CC1C(C)C2CC1C1C3CC(C(=O)OC4CCCCO4)C(C3)C21.CC1C2CC(C(=O)OC(C)(C)C(=O)OC3CCOC3=O)C(C2)C1C.CCOC(C)OC(=O)C1CC2CC1C1C3CC(C(C)C3C)C21. The van der Waals surface area contributed by atoms with Gasteiger partial charge in [0, 0.05) is 19.4 Å². The molecule has 2 saturated heterocycles. The number of ether oxygens (including phenoxy) is 8. The van der Waals surface area contributed by atoms with E-state index in [0.717, 1.165) is 182 Å². The summed E-state index contributed by atoms with van der Waals surface area (Å²) >= 11 is 0. The largest absolute Gasteiger partial charge is 0.463 e. The molecule has 14 nitrogen and oxygen atoms in total. The van der Waals surface area contributed by atoms with Crippen LogP contribution in [0.3, 0.4) is 0 Å². The zero-order valence-corrected chi connectivity index (χ0v) is 57.7. The molecule has 2 heterocycles. The third-order valence-corrected chi connectivity index (χ3v) is 30.1. The van der Waals surface area contributed by atoms with E-state index in [1.54, 1.807) is 0 Å². The fraction of sp³-hybridized carbons (Fsp3) is 0.921. The molecule has 0 N–H and O–H groups in total. The first-order valence-corrected chi connectivity index (χ1v) is 37.1. The van der Waals surface area contributed by atoms with Gasteiger partial charge in [0.2, 0.25) is 18.0 Å². The second-order valence-electron chi connectivity index (χ2n) is 35.0. The second kappa shape index (κ2) is 24.7. The normalized spacial score (nSPS) is 50.2. The predicted octanol–water partition coefficient (Wildman–Crippen LogP) is 13.8. The zero-order chi connectivity index (χ0) is 64.1. The standard InChI is InChI=1S/C20H30O3.C19H30O3.C19H30O2.C18H26O6/c1-10-11(2)14-9-13(10)18-12-7-15(19(14)18)16(8-12)20(21)23-17-5-3-4-6-22-17;1-5-21-11(4)22-19(20)16-7-12-6-15(16)18-14-8-13(17(12)18)9(2)10(14)3;1-9-10(2)13-8-12(9)16-11-6-14(17(13)16)15(7-11)18(20)21-19(3,4)5;1-9-10(2)12-7-11(9)8-13(12)15(19)24-18(3,4)17(21)23-14-5-6-22-16(14)20/h10-19H,3-9H2,1-2H3;9-18H,5-8H2,1-4H3;9-17H,6-8H2,1-5H3;9-14H,5-8H2,1-4H3. The zero-order valence-electron chi connectivity index (χ0n) is 57.7. The van der Waals surface area contributed by atoms with Crippen molar-refractivity contribution in [3.63, 3.8) is 0 Å². The van der Waals surface area contributed by atoms with Crippen LogP contribution in [0.2, 0.25) is 0 Å². The van der Waals surface area contributed by atoms with Crippen molar-refractivity contribution in [3.8, 4) is 0 Å². The Morgan fingerprint density at radius 2 is 0.878 bits per heavy atom. The average Bonchev–Trinajstić information content (AvgIpc) is 1.57. The topological polar surface area (TPSA) is 176 Å². The van der Waals surface area contributed by atoms with Gasteiger partial charge in [0.1, 0.15) is 5.60 Å². The van der Waals surface area contributed by atoms with Crippen molar-refractivity contribution in [3.05, 3.63) is 0 Å². The lowest BCUT2D eigenvalue weighted by molar-refractivity contribution is -0.194. The van der Waals surface area contributed by atoms with Gasteiger partial charge in [-0.05, 0) is 298 Å². The molecule has 0 amide bonds. The summed E-state index contributed by atoms with van der Waals surface area (Å²) in [5.41, 5.74) is -1.74. The third-order valence-electron chi connectivity index (χ3n) is 30.1. The Kier molecular flexibility index (Phi) is 18.0. The summed E-state index contributed by atoms with van der Waals surface area (Å²) in [5, 5.41) is 0. The van der Waals surface area contributed by atoms with Gasteiger partial charge in [-0.25, -0.2) is 9.59 Å². The Hall–Kier alpha value is -3.26. The van der Waals surface area contributed by atoms with E-state index < -0.39 is 29.9 Å². The number of carbonyl (C=O) groups is 6. The molecule has 35 atom stereocenters. The van der Waals surface area contributed by atoms with E-state index in [1.807, 2.05) is 34.6 Å². The fourth-order valence-electron chi connectivity index (χ4n) is 25.8. The summed E-state index contributed by atoms with van der Waals surface area (Å²) in [7, 11) is 0. The molecule has 35 unspecified atom stereocenters. The van der Waals surface area contributed by atoms with E-state index in [4.69, 9.17) is 37.9 Å². The summed E-state index contributed by atoms with van der Waals surface area (Å²) in [6, 6.07) is 0. The van der Waals surface area contributed by atoms with Crippen LogP contribution in [0.1, 0.15) is 200 Å². The summed E-state index contributed by atoms with van der Waals surface area (Å²) in [6.45, 7) is 33.6. The van der Waals surface area contributed by atoms with Crippen LogP contribution in [-0.4, -0.2) is 85.5 Å². The molecule has 16 rings (SSSR count). The number of hydrogen-bond donors (Lipinski definition) is 0. The molecule has 0 radical (unpaired) electrons. The van der Waals surface area contributed by atoms with Crippen molar-refractivity contribution in [1.82, 2.24) is 0 Å². The summed E-state index contributed by atoms with van der Waals surface area (Å²) in [4.78, 5) is 74.2. The van der Waals surface area contributed by atoms with Crippen LogP contribution < -0.4 is 0 Å². The third kappa shape index (κ3) is 11.3. The predicted molar refractivity (Wildman–Crippen MR) is 336 cm³/mol. The number of cyclic esters (lactones) is 1. The van der Waals surface area contributed by atoms with Crippen molar-refractivity contribution in [1.29, 1.82) is 0 Å². The highest BCUT2D eigenvalue weighted by Crippen LogP contribution is 2.74. The van der Waals surface area contributed by atoms with E-state index in [-0.39, 0.29) is 66.0 Å². The van der Waals surface area contributed by atoms with Crippen LogP contribution in [-0.2, 0) is 66.7 Å². The highest BCUT2D eigenvalue weighted by atomic mass is 16.7. The van der Waals surface area contributed by atoms with Gasteiger partial charge in [0.25, 0.3) is 0 Å². The number of hydrogen-bond acceptors (Lipinski definition) is 14. The number of fused-ring (bicyclic) bond motifs is 29. The van der Waals surface area contributed by atoms with Gasteiger partial charge in [0.05, 0.1) is 36.9 Å². The van der Waals surface area contributed by atoms with Gasteiger partial charge in [-0.2, -0.15) is 0 Å². The Morgan fingerprint density at radius 1 is 0.456 bits per heavy atom. The summed E-state index contributed by atoms with van der Waals surface area (Å²) in [6.07, 6.45) is 15.3. The van der Waals surface area contributed by atoms with Crippen molar-refractivity contribution >= 4 is 35.8 Å². The molecule has 0 aromatic heterocycles. The molecule has 0 spiro atoms. The molecule has 504 valence electrons. The van der Waals surface area contributed by atoms with Crippen molar-refractivity contribution < 1.29 is 66.7 Å². The molecule has 14 heteroatoms. The number of esters is 6. The lowest BCUT2D eigenvalue weighted by Gasteiger charge is -2.43. The fourth-order valence-corrected chi connectivity index (χ4v) is 25.8. The minimum atomic E-state index is -1.41. The van der Waals surface area contributed by atoms with E-state index in [0.29, 0.717) is 54.5 Å². The molecule has 14 aliphatic carbocycles. The van der Waals surface area contributed by atoms with E-state index in [1.165, 1.54) is 52.4 Å². The Balaban J connectivity index is 0.000000110. The van der Waals surface area contributed by atoms with E-state index in [9.17, 15) is 28.8 Å². The quantitative estimate of drug-likeness (QED) is 0.0826. The van der Waals surface area contributed by atoms with Gasteiger partial charge in [0.15, 0.2) is 6.29 Å². The van der Waals surface area contributed by atoms with Gasteiger partial charge in [-0.15, -0.1) is 0 Å². The summed E-state index contributed by atoms with van der Waals surface area (Å²) < 4.78 is 43.4. The highest BCUT2D eigenvalue weighted by molar-refractivity contribution is 5.86. The van der Waals surface area contributed by atoms with Crippen molar-refractivity contribution in [2.45, 2.75) is 230 Å². The van der Waals surface area contributed by atoms with Gasteiger partial charge >= 0.3 is 35.8 Å². The second-order valence-corrected chi connectivity index (χ2v) is 35.0. The maximum absolute atomic E-state index is 12.7. The van der Waals surface area contributed by atoms with Crippen molar-refractivity contribution in [2.24, 2.45) is 189 Å². The van der Waals surface area contributed by atoms with Crippen LogP contribution in [0.15, 0.2) is 0 Å².